The second kappa shape index (κ2) is 9.05. The summed E-state index contributed by atoms with van der Waals surface area (Å²) in [5, 5.41) is 0. The maximum atomic E-state index is 12.8. The molecule has 1 aliphatic carbocycles. The fourth-order valence-corrected chi connectivity index (χ4v) is 3.90. The van der Waals surface area contributed by atoms with E-state index in [4.69, 9.17) is 4.74 Å². The van der Waals surface area contributed by atoms with Gasteiger partial charge in [-0.15, -0.1) is 0 Å². The van der Waals surface area contributed by atoms with Gasteiger partial charge in [0.1, 0.15) is 5.76 Å². The lowest BCUT2D eigenvalue weighted by atomic mass is 9.75. The van der Waals surface area contributed by atoms with Crippen LogP contribution in [-0.4, -0.2) is 26.5 Å². The lowest BCUT2D eigenvalue weighted by Crippen LogP contribution is -2.27. The summed E-state index contributed by atoms with van der Waals surface area (Å²) in [7, 11) is -5.78. The van der Waals surface area contributed by atoms with Crippen molar-refractivity contribution >= 4 is 34.0 Å². The Hall–Kier alpha value is -3.07. The van der Waals surface area contributed by atoms with E-state index in [-0.39, 0.29) is 12.4 Å². The van der Waals surface area contributed by atoms with Gasteiger partial charge in [-0.1, -0.05) is 50.3 Å². The topological polar surface area (TPSA) is 69.7 Å². The number of halogens is 3. The van der Waals surface area contributed by atoms with Crippen molar-refractivity contribution < 1.29 is 35.3 Å². The average Bonchev–Trinajstić information content (AvgIpc) is 2.74. The third-order valence-corrected chi connectivity index (χ3v) is 6.17. The van der Waals surface area contributed by atoms with E-state index in [1.165, 1.54) is 6.08 Å². The number of fused-ring (bicyclic) bond motifs is 1. The van der Waals surface area contributed by atoms with E-state index >= 15 is 0 Å². The van der Waals surface area contributed by atoms with Gasteiger partial charge < -0.3 is 8.92 Å². The van der Waals surface area contributed by atoms with Gasteiger partial charge in [-0.2, -0.15) is 21.6 Å². The molecule has 0 spiro atoms. The predicted octanol–water partition coefficient (Wildman–Crippen LogP) is 5.92. The van der Waals surface area contributed by atoms with Crippen LogP contribution in [0.25, 0.3) is 17.9 Å². The maximum absolute atomic E-state index is 12.8. The van der Waals surface area contributed by atoms with E-state index in [1.54, 1.807) is 61.5 Å². The molecule has 0 N–H and O–H groups in total. The van der Waals surface area contributed by atoms with Crippen molar-refractivity contribution in [2.24, 2.45) is 0 Å². The third kappa shape index (κ3) is 5.47. The molecule has 0 aliphatic heterocycles. The lowest BCUT2D eigenvalue weighted by molar-refractivity contribution is -0.0509. The molecule has 0 radical (unpaired) electrons. The standard InChI is InChI=1S/C24H23F3O5S/c1-4-31-22(28)18-10-7-16(8-11-18)5-6-17-9-12-20-19(15-17)21(13-14-23(20,2)3)32-33(29,30)24(25,26)27/h5-13,15H,4,14H2,1-3H3/b6-5+. The van der Waals surface area contributed by atoms with E-state index in [0.717, 1.165) is 5.56 Å². The predicted molar refractivity (Wildman–Crippen MR) is 119 cm³/mol. The molecule has 33 heavy (non-hydrogen) atoms. The smallest absolute Gasteiger partial charge is 0.462 e. The fraction of sp³-hybridized carbons (Fsp3) is 0.292. The number of alkyl halides is 3. The zero-order valence-electron chi connectivity index (χ0n) is 18.3. The minimum atomic E-state index is -5.78. The number of ether oxygens (including phenoxy) is 1. The number of esters is 1. The van der Waals surface area contributed by atoms with Gasteiger partial charge in [0.05, 0.1) is 12.2 Å². The van der Waals surface area contributed by atoms with Crippen LogP contribution >= 0.6 is 0 Å². The Kier molecular flexibility index (Phi) is 6.74. The normalized spacial score (nSPS) is 15.6. The summed E-state index contributed by atoms with van der Waals surface area (Å²) in [6.07, 6.45) is 5.19. The highest BCUT2D eigenvalue weighted by Gasteiger charge is 2.49. The Balaban J connectivity index is 1.90. The molecule has 0 saturated heterocycles. The van der Waals surface area contributed by atoms with Crippen LogP contribution in [0.2, 0.25) is 0 Å². The van der Waals surface area contributed by atoms with Crippen molar-refractivity contribution in [3.05, 3.63) is 76.4 Å². The first-order valence-electron chi connectivity index (χ1n) is 10.1. The van der Waals surface area contributed by atoms with Crippen molar-refractivity contribution in [1.29, 1.82) is 0 Å². The van der Waals surface area contributed by atoms with Crippen molar-refractivity contribution in [2.45, 2.75) is 38.1 Å². The summed E-state index contributed by atoms with van der Waals surface area (Å²) in [5.74, 6) is -0.755. The van der Waals surface area contributed by atoms with Gasteiger partial charge in [0, 0.05) is 5.56 Å². The van der Waals surface area contributed by atoms with E-state index < -0.39 is 27.0 Å². The molecule has 0 atom stereocenters. The largest absolute Gasteiger partial charge is 0.534 e. The average molecular weight is 481 g/mol. The first-order chi connectivity index (χ1) is 15.3. The highest BCUT2D eigenvalue weighted by atomic mass is 32.2. The van der Waals surface area contributed by atoms with Crippen molar-refractivity contribution in [3.63, 3.8) is 0 Å². The molecule has 1 aliphatic rings. The SMILES string of the molecule is CCOC(=O)c1ccc(/C=C/c2ccc3c(c2)C(OS(=O)(=O)C(F)(F)F)=CCC3(C)C)cc1. The monoisotopic (exact) mass is 480 g/mol. The zero-order valence-corrected chi connectivity index (χ0v) is 19.1. The van der Waals surface area contributed by atoms with Crippen LogP contribution in [0.3, 0.4) is 0 Å². The second-order valence-electron chi connectivity index (χ2n) is 8.12. The van der Waals surface area contributed by atoms with Crippen LogP contribution < -0.4 is 0 Å². The number of carbonyl (C=O) groups is 1. The minimum absolute atomic E-state index is 0.278. The number of rotatable bonds is 6. The summed E-state index contributed by atoms with van der Waals surface area (Å²) in [6.45, 7) is 5.83. The van der Waals surface area contributed by atoms with Crippen LogP contribution in [0.15, 0.2) is 48.5 Å². The van der Waals surface area contributed by atoms with Gasteiger partial charge in [0.2, 0.25) is 0 Å². The maximum Gasteiger partial charge on any atom is 0.534 e. The van der Waals surface area contributed by atoms with E-state index in [9.17, 15) is 26.4 Å². The quantitative estimate of drug-likeness (QED) is 0.222. The Bertz CT molecular complexity index is 1210. The number of allylic oxidation sites excluding steroid dienone is 1. The molecule has 0 amide bonds. The zero-order chi connectivity index (χ0) is 24.4. The second-order valence-corrected chi connectivity index (χ2v) is 9.66. The molecule has 0 bridgehead atoms. The molecule has 2 aromatic carbocycles. The molecule has 0 heterocycles. The van der Waals surface area contributed by atoms with E-state index in [1.807, 2.05) is 13.8 Å². The first kappa shape index (κ1) is 24.6. The van der Waals surface area contributed by atoms with Gasteiger partial charge in [-0.3, -0.25) is 0 Å². The molecule has 9 heteroatoms. The highest BCUT2D eigenvalue weighted by molar-refractivity contribution is 7.87. The fourth-order valence-electron chi connectivity index (χ4n) is 3.41. The highest BCUT2D eigenvalue weighted by Crippen LogP contribution is 2.41. The van der Waals surface area contributed by atoms with Crippen LogP contribution in [0.1, 0.15) is 59.8 Å². The number of hydrogen-bond donors (Lipinski definition) is 0. The molecule has 176 valence electrons. The molecule has 0 aromatic heterocycles. The van der Waals surface area contributed by atoms with Crippen LogP contribution in [0.5, 0.6) is 0 Å². The number of benzene rings is 2. The van der Waals surface area contributed by atoms with Gasteiger partial charge in [-0.25, -0.2) is 4.79 Å². The summed E-state index contributed by atoms with van der Waals surface area (Å²) >= 11 is 0. The number of hydrogen-bond acceptors (Lipinski definition) is 5. The van der Waals surface area contributed by atoms with Gasteiger partial charge in [0.15, 0.2) is 0 Å². The first-order valence-corrected chi connectivity index (χ1v) is 11.6. The van der Waals surface area contributed by atoms with Gasteiger partial charge in [-0.05, 0) is 59.7 Å². The van der Waals surface area contributed by atoms with E-state index in [2.05, 4.69) is 4.18 Å². The molecule has 0 unspecified atom stereocenters. The van der Waals surface area contributed by atoms with Crippen molar-refractivity contribution in [3.8, 4) is 0 Å². The molecule has 5 nitrogen and oxygen atoms in total. The Labute approximate surface area is 190 Å². The third-order valence-electron chi connectivity index (χ3n) is 5.21. The summed E-state index contributed by atoms with van der Waals surface area (Å²) in [6, 6.07) is 11.9. The van der Waals surface area contributed by atoms with Crippen molar-refractivity contribution in [2.75, 3.05) is 6.61 Å². The minimum Gasteiger partial charge on any atom is -0.462 e. The molecular formula is C24H23F3O5S. The molecule has 3 rings (SSSR count). The van der Waals surface area contributed by atoms with Crippen LogP contribution in [-0.2, 0) is 24.5 Å². The van der Waals surface area contributed by atoms with Gasteiger partial charge >= 0.3 is 21.6 Å². The Morgan fingerprint density at radius 2 is 1.67 bits per heavy atom. The Morgan fingerprint density at radius 3 is 2.27 bits per heavy atom. The lowest BCUT2D eigenvalue weighted by Gasteiger charge is -2.31. The van der Waals surface area contributed by atoms with Crippen molar-refractivity contribution in [1.82, 2.24) is 0 Å². The van der Waals surface area contributed by atoms with Crippen LogP contribution in [0, 0.1) is 0 Å². The molecule has 0 saturated carbocycles. The van der Waals surface area contributed by atoms with Gasteiger partial charge in [0.25, 0.3) is 0 Å². The molecule has 0 fully saturated rings. The van der Waals surface area contributed by atoms with Crippen LogP contribution in [0.4, 0.5) is 13.2 Å². The summed E-state index contributed by atoms with van der Waals surface area (Å²) < 4.78 is 71.1. The Morgan fingerprint density at radius 1 is 1.06 bits per heavy atom. The number of carbonyl (C=O) groups excluding carboxylic acids is 1. The van der Waals surface area contributed by atoms with E-state index in [0.29, 0.717) is 28.7 Å². The molecular weight excluding hydrogens is 457 g/mol. The summed E-state index contributed by atoms with van der Waals surface area (Å²) in [5.41, 5.74) is -3.11. The molecule has 2 aromatic rings. The summed E-state index contributed by atoms with van der Waals surface area (Å²) in [4.78, 5) is 11.7.